The smallest absolute Gasteiger partial charge is 0.330 e. The van der Waals surface area contributed by atoms with Crippen LogP contribution in [0.3, 0.4) is 0 Å². The number of ether oxygens (including phenoxy) is 1. The normalized spacial score (nSPS) is 27.7. The molecule has 2 amide bonds. The number of amides is 2. The van der Waals surface area contributed by atoms with E-state index < -0.39 is 69.4 Å². The Balaban J connectivity index is 2.01. The van der Waals surface area contributed by atoms with Crippen molar-refractivity contribution >= 4 is 33.4 Å². The number of nitrogens with one attached hydrogen (secondary N) is 1. The van der Waals surface area contributed by atoms with E-state index in [1.165, 1.54) is 18.2 Å². The first-order valence-corrected chi connectivity index (χ1v) is 18.5. The SMILES string of the molecule is CCN(CC)CCS(=O)(=O)[C@@H]1CCN2C(=O)c3coc(n3)CC(=O)C[C@H](O)/C=C(CO)/C=C/CNC(=O)/C=C/[C@@H](C)[C@@H](C(C)C)OC(=O)[C@@H]12. The molecule has 3 heterocycles. The van der Waals surface area contributed by atoms with Crippen LogP contribution in [0, 0.1) is 11.8 Å². The molecular formula is C34H50N4O10S. The molecule has 0 aliphatic carbocycles. The Hall–Kier alpha value is -3.66. The third kappa shape index (κ3) is 11.2. The standard InChI is InChI=1S/C34H50N4O10S/c1-6-37(7-2)15-16-49(45,46)28-12-14-38-31(28)34(44)48-32(22(3)4)23(5)10-11-29(42)35-13-8-9-24(20-39)17-25(40)18-26(41)19-30-36-27(21-47-30)33(38)43/h8-11,17,21-23,25,28,31-32,39-40H,6-7,12-16,18-20H2,1-5H3,(H,35,42)/b9-8+,11-10+,24-17-/t23-,25-,28-,31-,32-/m1/s1. The Morgan fingerprint density at radius 1 is 1.14 bits per heavy atom. The fourth-order valence-corrected chi connectivity index (χ4v) is 7.94. The Bertz CT molecular complexity index is 1510. The lowest BCUT2D eigenvalue weighted by Gasteiger charge is -2.31. The number of carbonyl (C=O) groups is 4. The minimum atomic E-state index is -3.89. The first kappa shape index (κ1) is 39.8. The summed E-state index contributed by atoms with van der Waals surface area (Å²) in [5.41, 5.74) is 0.118. The molecule has 0 unspecified atom stereocenters. The highest BCUT2D eigenvalue weighted by molar-refractivity contribution is 7.92. The molecular weight excluding hydrogens is 656 g/mol. The quantitative estimate of drug-likeness (QED) is 0.328. The van der Waals surface area contributed by atoms with Gasteiger partial charge in [-0.25, -0.2) is 18.2 Å². The van der Waals surface area contributed by atoms with E-state index in [2.05, 4.69) is 10.3 Å². The van der Waals surface area contributed by atoms with Gasteiger partial charge in [-0.15, -0.1) is 0 Å². The van der Waals surface area contributed by atoms with E-state index in [-0.39, 0.29) is 62.2 Å². The summed E-state index contributed by atoms with van der Waals surface area (Å²) in [4.78, 5) is 60.3. The molecule has 14 nitrogen and oxygen atoms in total. The molecule has 49 heavy (non-hydrogen) atoms. The van der Waals surface area contributed by atoms with E-state index in [4.69, 9.17) is 9.15 Å². The zero-order valence-electron chi connectivity index (χ0n) is 28.9. The summed E-state index contributed by atoms with van der Waals surface area (Å²) in [6.45, 7) is 10.5. The second kappa shape index (κ2) is 18.4. The number of nitrogens with zero attached hydrogens (tertiary/aromatic N) is 3. The summed E-state index contributed by atoms with van der Waals surface area (Å²) >= 11 is 0. The predicted molar refractivity (Wildman–Crippen MR) is 181 cm³/mol. The monoisotopic (exact) mass is 706 g/mol. The Labute approximate surface area is 288 Å². The van der Waals surface area contributed by atoms with Gasteiger partial charge in [0, 0.05) is 32.0 Å². The van der Waals surface area contributed by atoms with E-state index in [0.717, 1.165) is 11.2 Å². The molecule has 0 radical (unpaired) electrons. The lowest BCUT2D eigenvalue weighted by Crippen LogP contribution is -2.50. The summed E-state index contributed by atoms with van der Waals surface area (Å²) in [6, 6.07) is -1.47. The number of esters is 1. The minimum absolute atomic E-state index is 0.00688. The molecule has 0 spiro atoms. The fourth-order valence-electron chi connectivity index (χ4n) is 6.00. The summed E-state index contributed by atoms with van der Waals surface area (Å²) in [6.07, 6.45) is 5.70. The van der Waals surface area contributed by atoms with E-state index in [1.807, 2.05) is 32.6 Å². The fraction of sp³-hybridized carbons (Fsp3) is 0.618. The Kier molecular flexibility index (Phi) is 14.9. The van der Waals surface area contributed by atoms with Gasteiger partial charge in [0.1, 0.15) is 24.2 Å². The van der Waals surface area contributed by atoms with Gasteiger partial charge >= 0.3 is 5.97 Å². The highest BCUT2D eigenvalue weighted by Gasteiger charge is 2.50. The molecule has 2 aliphatic heterocycles. The summed E-state index contributed by atoms with van der Waals surface area (Å²) in [5, 5.41) is 21.5. The number of hydrogen-bond donors (Lipinski definition) is 3. The number of oxazole rings is 1. The topological polar surface area (TPSA) is 197 Å². The van der Waals surface area contributed by atoms with Crippen molar-refractivity contribution < 1.29 is 47.0 Å². The number of cyclic esters (lactones) is 1. The van der Waals surface area contributed by atoms with Gasteiger partial charge in [0.15, 0.2) is 15.5 Å². The highest BCUT2D eigenvalue weighted by Crippen LogP contribution is 2.30. The molecule has 1 aromatic rings. The largest absolute Gasteiger partial charge is 0.460 e. The van der Waals surface area contributed by atoms with Crippen LogP contribution in [0.15, 0.2) is 46.6 Å². The van der Waals surface area contributed by atoms with Crippen LogP contribution in [-0.2, 0) is 35.4 Å². The molecule has 2 aliphatic rings. The zero-order valence-corrected chi connectivity index (χ0v) is 29.7. The molecule has 1 fully saturated rings. The highest BCUT2D eigenvalue weighted by atomic mass is 32.2. The molecule has 2 bridgehead atoms. The van der Waals surface area contributed by atoms with E-state index >= 15 is 0 Å². The third-order valence-electron chi connectivity index (χ3n) is 8.74. The zero-order chi connectivity index (χ0) is 36.3. The number of aromatic nitrogens is 1. The molecule has 0 aromatic carbocycles. The molecule has 5 atom stereocenters. The van der Waals surface area contributed by atoms with Crippen LogP contribution < -0.4 is 5.32 Å². The summed E-state index contributed by atoms with van der Waals surface area (Å²) in [7, 11) is -3.89. The van der Waals surface area contributed by atoms with Gasteiger partial charge in [-0.05, 0) is 37.1 Å². The lowest BCUT2D eigenvalue weighted by molar-refractivity contribution is -0.157. The molecule has 0 saturated carbocycles. The minimum Gasteiger partial charge on any atom is -0.460 e. The van der Waals surface area contributed by atoms with E-state index in [0.29, 0.717) is 18.7 Å². The van der Waals surface area contributed by atoms with Crippen molar-refractivity contribution in [3.8, 4) is 0 Å². The van der Waals surface area contributed by atoms with Crippen molar-refractivity contribution in [2.45, 2.75) is 77.4 Å². The molecule has 1 saturated heterocycles. The maximum atomic E-state index is 14.0. The number of fused-ring (bicyclic) bond motifs is 3. The molecule has 272 valence electrons. The van der Waals surface area contributed by atoms with Crippen LogP contribution in [0.4, 0.5) is 0 Å². The number of ketones is 1. The number of aliphatic hydroxyl groups is 2. The van der Waals surface area contributed by atoms with Crippen molar-refractivity contribution in [2.75, 3.05) is 45.1 Å². The van der Waals surface area contributed by atoms with Gasteiger partial charge in [0.25, 0.3) is 5.91 Å². The number of Topliss-reactive ketones (excluding diaryl/α,β-unsaturated/α-hetero) is 1. The Morgan fingerprint density at radius 3 is 2.51 bits per heavy atom. The first-order chi connectivity index (χ1) is 23.2. The number of hydrogen-bond acceptors (Lipinski definition) is 12. The van der Waals surface area contributed by atoms with E-state index in [1.54, 1.807) is 19.1 Å². The van der Waals surface area contributed by atoms with Crippen molar-refractivity contribution in [3.63, 3.8) is 0 Å². The van der Waals surface area contributed by atoms with Crippen molar-refractivity contribution in [1.82, 2.24) is 20.1 Å². The molecule has 3 N–H and O–H groups in total. The van der Waals surface area contributed by atoms with Crippen LogP contribution >= 0.6 is 0 Å². The average Bonchev–Trinajstić information content (AvgIpc) is 3.71. The maximum Gasteiger partial charge on any atom is 0.330 e. The second-order valence-corrected chi connectivity index (χ2v) is 15.0. The van der Waals surface area contributed by atoms with Crippen LogP contribution in [0.25, 0.3) is 0 Å². The summed E-state index contributed by atoms with van der Waals surface area (Å²) in [5.74, 6) is -3.52. The van der Waals surface area contributed by atoms with Gasteiger partial charge in [0.05, 0.1) is 30.1 Å². The summed E-state index contributed by atoms with van der Waals surface area (Å²) < 4.78 is 38.9. The lowest BCUT2D eigenvalue weighted by atomic mass is 9.94. The molecule has 15 heteroatoms. The predicted octanol–water partition coefficient (Wildman–Crippen LogP) is 1.24. The van der Waals surface area contributed by atoms with Gasteiger partial charge < -0.3 is 34.5 Å². The van der Waals surface area contributed by atoms with Crippen molar-refractivity contribution in [3.05, 3.63) is 53.8 Å². The van der Waals surface area contributed by atoms with Crippen molar-refractivity contribution in [2.24, 2.45) is 11.8 Å². The van der Waals surface area contributed by atoms with Crippen LogP contribution in [-0.4, -0.2) is 126 Å². The van der Waals surface area contributed by atoms with Crippen LogP contribution in [0.2, 0.25) is 0 Å². The van der Waals surface area contributed by atoms with E-state index in [9.17, 15) is 37.8 Å². The first-order valence-electron chi connectivity index (χ1n) is 16.7. The second-order valence-electron chi connectivity index (χ2n) is 12.7. The van der Waals surface area contributed by atoms with Crippen LogP contribution in [0.1, 0.15) is 63.8 Å². The average molecular weight is 707 g/mol. The number of carbonyl (C=O) groups excluding carboxylic acids is 4. The number of rotatable bonds is 8. The number of aliphatic hydroxyl groups excluding tert-OH is 2. The van der Waals surface area contributed by atoms with Gasteiger partial charge in [-0.1, -0.05) is 58.9 Å². The molecule has 1 aromatic heterocycles. The van der Waals surface area contributed by atoms with Gasteiger partial charge in [-0.3, -0.25) is 14.4 Å². The van der Waals surface area contributed by atoms with Gasteiger partial charge in [-0.2, -0.15) is 0 Å². The van der Waals surface area contributed by atoms with Gasteiger partial charge in [0.2, 0.25) is 11.8 Å². The van der Waals surface area contributed by atoms with Crippen LogP contribution in [0.5, 0.6) is 0 Å². The molecule has 3 rings (SSSR count). The van der Waals surface area contributed by atoms with Crippen molar-refractivity contribution in [1.29, 1.82) is 0 Å². The number of sulfone groups is 1. The third-order valence-corrected chi connectivity index (χ3v) is 10.9. The Morgan fingerprint density at radius 2 is 1.86 bits per heavy atom. The maximum absolute atomic E-state index is 14.0.